The highest BCUT2D eigenvalue weighted by Gasteiger charge is 2.02. The molecule has 0 aromatic heterocycles. The van der Waals surface area contributed by atoms with E-state index in [4.69, 9.17) is 4.74 Å². The van der Waals surface area contributed by atoms with Crippen molar-refractivity contribution in [3.63, 3.8) is 0 Å². The molecule has 2 rings (SSSR count). The summed E-state index contributed by atoms with van der Waals surface area (Å²) in [7, 11) is 0. The van der Waals surface area contributed by atoms with Gasteiger partial charge >= 0.3 is 6.09 Å². The van der Waals surface area contributed by atoms with Crippen LogP contribution in [0.2, 0.25) is 0 Å². The predicted octanol–water partition coefficient (Wildman–Crippen LogP) is 4.28. The maximum atomic E-state index is 11.5. The second kappa shape index (κ2) is 12.2. The van der Waals surface area contributed by atoms with Crippen LogP contribution in [0.1, 0.15) is 25.7 Å². The fourth-order valence-electron chi connectivity index (χ4n) is 2.56. The van der Waals surface area contributed by atoms with Gasteiger partial charge in [0.25, 0.3) is 5.91 Å². The van der Waals surface area contributed by atoms with E-state index < -0.39 is 12.0 Å². The largest absolute Gasteiger partial charge is 0.493 e. The second-order valence-corrected chi connectivity index (χ2v) is 6.10. The molecule has 0 radical (unpaired) electrons. The third-order valence-electron chi connectivity index (χ3n) is 3.93. The Morgan fingerprint density at radius 1 is 1.04 bits per heavy atom. The smallest absolute Gasteiger partial charge is 0.431 e. The molecule has 2 N–H and O–H groups in total. The normalized spacial score (nSPS) is 10.6. The molecule has 0 aliphatic rings. The van der Waals surface area contributed by atoms with Gasteiger partial charge in [0.1, 0.15) is 5.75 Å². The van der Waals surface area contributed by atoms with Crippen LogP contribution in [0.15, 0.2) is 67.3 Å². The number of carbonyl (C=O) groups is 2. The highest BCUT2D eigenvalue weighted by Crippen LogP contribution is 2.25. The van der Waals surface area contributed by atoms with Crippen molar-refractivity contribution < 1.29 is 19.2 Å². The first-order valence-corrected chi connectivity index (χ1v) is 9.33. The van der Waals surface area contributed by atoms with Crippen LogP contribution < -0.4 is 15.5 Å². The van der Waals surface area contributed by atoms with E-state index in [0.29, 0.717) is 6.61 Å². The molecule has 0 heterocycles. The monoisotopic (exact) mass is 382 g/mol. The summed E-state index contributed by atoms with van der Waals surface area (Å²) in [5.74, 6) is 0.430. The van der Waals surface area contributed by atoms with Crippen molar-refractivity contribution in [2.75, 3.05) is 13.2 Å². The first kappa shape index (κ1) is 21.0. The maximum absolute atomic E-state index is 11.5. The number of fused-ring (bicyclic) bond motifs is 1. The Hall–Kier alpha value is -3.28. The van der Waals surface area contributed by atoms with E-state index in [1.807, 2.05) is 29.7 Å². The fraction of sp³-hybridized carbons (Fsp3) is 0.273. The van der Waals surface area contributed by atoms with Gasteiger partial charge in [-0.1, -0.05) is 48.6 Å². The van der Waals surface area contributed by atoms with E-state index in [9.17, 15) is 9.59 Å². The average molecular weight is 382 g/mol. The Kier molecular flexibility index (Phi) is 9.14. The molecule has 0 fully saturated rings. The van der Waals surface area contributed by atoms with Crippen molar-refractivity contribution >= 4 is 22.8 Å². The molecule has 2 amide bonds. The summed E-state index contributed by atoms with van der Waals surface area (Å²) >= 11 is 0. The molecule has 0 atom stereocenters. The lowest BCUT2D eigenvalue weighted by Crippen LogP contribution is -2.32. The molecule has 2 aromatic carbocycles. The zero-order valence-electron chi connectivity index (χ0n) is 15.9. The van der Waals surface area contributed by atoms with Crippen LogP contribution in [0, 0.1) is 0 Å². The molecule has 0 spiro atoms. The number of carbonyl (C=O) groups excluding carboxylic acids is 2. The molecular formula is C22H26N2O4. The third-order valence-corrected chi connectivity index (χ3v) is 3.93. The summed E-state index contributed by atoms with van der Waals surface area (Å²) < 4.78 is 5.90. The zero-order valence-corrected chi connectivity index (χ0v) is 15.9. The van der Waals surface area contributed by atoms with Crippen molar-refractivity contribution in [1.29, 1.82) is 0 Å². The van der Waals surface area contributed by atoms with E-state index in [1.165, 1.54) is 17.5 Å². The number of hydroxylamine groups is 1. The minimum Gasteiger partial charge on any atom is -0.493 e. The van der Waals surface area contributed by atoms with Crippen LogP contribution in [0.25, 0.3) is 10.8 Å². The standard InChI is InChI=1S/C22H26N2O4/c1-2-16-23-22(26)28-24-21(25)15-6-4-3-5-9-17-27-20-14-10-12-18-11-7-8-13-19(18)20/h2,6-8,10-15H,1,3-5,9,16-17H2,(H,23,26)(H,24,25). The minimum atomic E-state index is -0.729. The molecule has 0 unspecified atom stereocenters. The van der Waals surface area contributed by atoms with Crippen molar-refractivity contribution in [2.45, 2.75) is 25.7 Å². The number of allylic oxidation sites excluding steroid dienone is 1. The Bertz CT molecular complexity index is 812. The molecule has 2 aromatic rings. The SMILES string of the molecule is C=CCNC(=O)ONC(=O)C=CCCCCCOc1cccc2ccccc12. The zero-order chi connectivity index (χ0) is 20.0. The van der Waals surface area contributed by atoms with Crippen LogP contribution in [0.5, 0.6) is 5.75 Å². The predicted molar refractivity (Wildman–Crippen MR) is 110 cm³/mol. The van der Waals surface area contributed by atoms with Gasteiger partial charge in [0, 0.05) is 18.0 Å². The quantitative estimate of drug-likeness (QED) is 0.278. The lowest BCUT2D eigenvalue weighted by molar-refractivity contribution is -0.124. The number of benzene rings is 2. The highest BCUT2D eigenvalue weighted by molar-refractivity contribution is 5.88. The lowest BCUT2D eigenvalue weighted by atomic mass is 10.1. The van der Waals surface area contributed by atoms with Crippen molar-refractivity contribution in [2.24, 2.45) is 0 Å². The first-order chi connectivity index (χ1) is 13.7. The third kappa shape index (κ3) is 7.53. The van der Waals surface area contributed by atoms with Gasteiger partial charge in [0.2, 0.25) is 0 Å². The molecule has 28 heavy (non-hydrogen) atoms. The van der Waals surface area contributed by atoms with Crippen LogP contribution in [0.3, 0.4) is 0 Å². The van der Waals surface area contributed by atoms with Gasteiger partial charge in [-0.2, -0.15) is 5.48 Å². The summed E-state index contributed by atoms with van der Waals surface area (Å²) in [6.07, 6.45) is 7.55. The summed E-state index contributed by atoms with van der Waals surface area (Å²) in [4.78, 5) is 27.1. The van der Waals surface area contributed by atoms with Crippen molar-refractivity contribution in [3.8, 4) is 5.75 Å². The molecule has 148 valence electrons. The van der Waals surface area contributed by atoms with Crippen molar-refractivity contribution in [1.82, 2.24) is 10.8 Å². The summed E-state index contributed by atoms with van der Waals surface area (Å²) in [6, 6.07) is 14.2. The molecule has 0 bridgehead atoms. The molecular weight excluding hydrogens is 356 g/mol. The van der Waals surface area contributed by atoms with E-state index in [-0.39, 0.29) is 6.54 Å². The van der Waals surface area contributed by atoms with Crippen LogP contribution >= 0.6 is 0 Å². The van der Waals surface area contributed by atoms with Gasteiger partial charge in [0.15, 0.2) is 0 Å². The molecule has 6 nitrogen and oxygen atoms in total. The number of rotatable bonds is 10. The van der Waals surface area contributed by atoms with E-state index in [1.54, 1.807) is 6.08 Å². The van der Waals surface area contributed by atoms with Crippen LogP contribution in [-0.4, -0.2) is 25.2 Å². The summed E-state index contributed by atoms with van der Waals surface area (Å²) in [6.45, 7) is 4.39. The summed E-state index contributed by atoms with van der Waals surface area (Å²) in [5.41, 5.74) is 2.04. The fourth-order valence-corrected chi connectivity index (χ4v) is 2.56. The van der Waals surface area contributed by atoms with Gasteiger partial charge in [-0.05, 0) is 37.1 Å². The van der Waals surface area contributed by atoms with Crippen LogP contribution in [-0.2, 0) is 9.63 Å². The van der Waals surface area contributed by atoms with E-state index in [0.717, 1.165) is 36.8 Å². The lowest BCUT2D eigenvalue weighted by Gasteiger charge is -2.09. The van der Waals surface area contributed by atoms with E-state index in [2.05, 4.69) is 34.9 Å². The van der Waals surface area contributed by atoms with Crippen molar-refractivity contribution in [3.05, 3.63) is 67.3 Å². The van der Waals surface area contributed by atoms with Gasteiger partial charge in [0.05, 0.1) is 6.61 Å². The first-order valence-electron chi connectivity index (χ1n) is 9.33. The molecule has 0 aliphatic carbocycles. The van der Waals surface area contributed by atoms with E-state index >= 15 is 0 Å². The Morgan fingerprint density at radius 2 is 1.86 bits per heavy atom. The molecule has 6 heteroatoms. The molecule has 0 aliphatic heterocycles. The number of ether oxygens (including phenoxy) is 1. The Labute approximate surface area is 165 Å². The van der Waals surface area contributed by atoms with Gasteiger partial charge in [-0.25, -0.2) is 4.79 Å². The molecule has 0 saturated heterocycles. The molecule has 0 saturated carbocycles. The summed E-state index contributed by atoms with van der Waals surface area (Å²) in [5, 5.41) is 4.67. The van der Waals surface area contributed by atoms with Gasteiger partial charge in [-0.15, -0.1) is 6.58 Å². The number of amides is 2. The number of hydrogen-bond donors (Lipinski definition) is 2. The topological polar surface area (TPSA) is 76.7 Å². The van der Waals surface area contributed by atoms with Crippen LogP contribution in [0.4, 0.5) is 4.79 Å². The Balaban J connectivity index is 1.55. The number of nitrogens with one attached hydrogen (secondary N) is 2. The van der Waals surface area contributed by atoms with Gasteiger partial charge in [-0.3, -0.25) is 4.79 Å². The number of hydrogen-bond acceptors (Lipinski definition) is 4. The average Bonchev–Trinajstić information content (AvgIpc) is 2.72. The highest BCUT2D eigenvalue weighted by atomic mass is 16.7. The Morgan fingerprint density at radius 3 is 2.71 bits per heavy atom. The number of unbranched alkanes of at least 4 members (excludes halogenated alkanes) is 3. The maximum Gasteiger partial charge on any atom is 0.431 e. The minimum absolute atomic E-state index is 0.273. The second-order valence-electron chi connectivity index (χ2n) is 6.10. The van der Waals surface area contributed by atoms with Gasteiger partial charge < -0.3 is 14.9 Å².